The van der Waals surface area contributed by atoms with E-state index in [1.54, 1.807) is 38.1 Å². The molecule has 0 bridgehead atoms. The van der Waals surface area contributed by atoms with Crippen molar-refractivity contribution >= 4 is 27.7 Å². The molecule has 0 spiro atoms. The Kier molecular flexibility index (Phi) is 6.63. The predicted octanol–water partition coefficient (Wildman–Crippen LogP) is 3.11. The number of methoxy groups -OCH3 is 1. The van der Waals surface area contributed by atoms with E-state index in [-0.39, 0.29) is 17.4 Å². The number of hydrogen-bond acceptors (Lipinski definition) is 6. The fourth-order valence-electron chi connectivity index (χ4n) is 3.02. The minimum Gasteiger partial charge on any atom is -0.495 e. The van der Waals surface area contributed by atoms with E-state index < -0.39 is 15.9 Å². The zero-order valence-corrected chi connectivity index (χ0v) is 17.9. The monoisotopic (exact) mass is 432 g/mol. The number of nitrogens with zero attached hydrogens (tertiary/aromatic N) is 1. The van der Waals surface area contributed by atoms with E-state index >= 15 is 0 Å². The largest absolute Gasteiger partial charge is 0.495 e. The van der Waals surface area contributed by atoms with Crippen LogP contribution in [0.1, 0.15) is 19.4 Å². The van der Waals surface area contributed by atoms with E-state index in [1.165, 1.54) is 35.7 Å². The van der Waals surface area contributed by atoms with Crippen LogP contribution in [0.15, 0.2) is 47.4 Å². The number of carbonyl (C=O) groups is 1. The number of ether oxygens (including phenoxy) is 3. The van der Waals surface area contributed by atoms with Crippen LogP contribution in [0.25, 0.3) is 6.08 Å². The van der Waals surface area contributed by atoms with Gasteiger partial charge in [-0.3, -0.25) is 4.79 Å². The van der Waals surface area contributed by atoms with Crippen molar-refractivity contribution < 1.29 is 27.4 Å². The summed E-state index contributed by atoms with van der Waals surface area (Å²) in [5, 5.41) is 2.68. The van der Waals surface area contributed by atoms with Crippen molar-refractivity contribution in [3.63, 3.8) is 0 Å². The Balaban J connectivity index is 1.80. The zero-order valence-electron chi connectivity index (χ0n) is 17.0. The van der Waals surface area contributed by atoms with Crippen molar-refractivity contribution in [2.75, 3.05) is 32.3 Å². The molecule has 0 saturated carbocycles. The van der Waals surface area contributed by atoms with Gasteiger partial charge in [0.05, 0.1) is 17.7 Å². The number of nitrogens with one attached hydrogen (secondary N) is 1. The fourth-order valence-corrected chi connectivity index (χ4v) is 4.51. The van der Waals surface area contributed by atoms with Crippen molar-refractivity contribution in [1.82, 2.24) is 4.31 Å². The second-order valence-electron chi connectivity index (χ2n) is 6.39. The van der Waals surface area contributed by atoms with E-state index in [1.807, 2.05) is 0 Å². The van der Waals surface area contributed by atoms with Gasteiger partial charge in [-0.05, 0) is 42.0 Å². The topological polar surface area (TPSA) is 94.2 Å². The summed E-state index contributed by atoms with van der Waals surface area (Å²) in [6.07, 6.45) is 2.98. The van der Waals surface area contributed by atoms with Crippen LogP contribution in [0.2, 0.25) is 0 Å². The number of hydrogen-bond donors (Lipinski definition) is 1. The molecule has 1 aliphatic rings. The van der Waals surface area contributed by atoms with E-state index in [2.05, 4.69) is 5.32 Å². The molecule has 0 fully saturated rings. The maximum absolute atomic E-state index is 12.8. The summed E-state index contributed by atoms with van der Waals surface area (Å²) in [5.74, 6) is 1.21. The Morgan fingerprint density at radius 1 is 1.13 bits per heavy atom. The second-order valence-corrected chi connectivity index (χ2v) is 8.32. The molecule has 9 heteroatoms. The van der Waals surface area contributed by atoms with Gasteiger partial charge in [-0.2, -0.15) is 4.31 Å². The third-order valence-corrected chi connectivity index (χ3v) is 6.64. The van der Waals surface area contributed by atoms with Gasteiger partial charge in [-0.1, -0.05) is 19.9 Å². The molecule has 0 unspecified atom stereocenters. The van der Waals surface area contributed by atoms with Crippen molar-refractivity contribution in [2.45, 2.75) is 18.7 Å². The Hall–Kier alpha value is -3.04. The Labute approximate surface area is 176 Å². The van der Waals surface area contributed by atoms with Crippen molar-refractivity contribution in [2.24, 2.45) is 0 Å². The lowest BCUT2D eigenvalue weighted by molar-refractivity contribution is -0.111. The van der Waals surface area contributed by atoms with Crippen LogP contribution in [-0.2, 0) is 14.8 Å². The Bertz CT molecular complexity index is 1060. The predicted molar refractivity (Wildman–Crippen MR) is 113 cm³/mol. The number of carbonyl (C=O) groups excluding carboxylic acids is 1. The summed E-state index contributed by atoms with van der Waals surface area (Å²) in [5.41, 5.74) is 1.03. The van der Waals surface area contributed by atoms with E-state index in [0.717, 1.165) is 5.56 Å². The lowest BCUT2D eigenvalue weighted by Gasteiger charge is -2.19. The highest BCUT2D eigenvalue weighted by atomic mass is 32.2. The number of benzene rings is 2. The molecule has 8 nitrogen and oxygen atoms in total. The van der Waals surface area contributed by atoms with E-state index in [0.29, 0.717) is 30.3 Å². The van der Waals surface area contributed by atoms with Crippen LogP contribution in [0.3, 0.4) is 0 Å². The maximum Gasteiger partial charge on any atom is 0.248 e. The SMILES string of the molecule is CCN(CC)S(=O)(=O)c1ccc(OC)c(NC(=O)C=Cc2ccc3c(c2)OCO3)c1. The van der Waals surface area contributed by atoms with Gasteiger partial charge in [-0.15, -0.1) is 0 Å². The van der Waals surface area contributed by atoms with Crippen LogP contribution in [0.4, 0.5) is 5.69 Å². The molecular formula is C21H24N2O6S. The smallest absolute Gasteiger partial charge is 0.248 e. The number of sulfonamides is 1. The van der Waals surface area contributed by atoms with Crippen molar-refractivity contribution in [3.05, 3.63) is 48.0 Å². The lowest BCUT2D eigenvalue weighted by atomic mass is 10.2. The number of rotatable bonds is 8. The molecule has 0 saturated heterocycles. The maximum atomic E-state index is 12.8. The molecule has 0 atom stereocenters. The minimum absolute atomic E-state index is 0.0852. The summed E-state index contributed by atoms with van der Waals surface area (Å²) >= 11 is 0. The third kappa shape index (κ3) is 4.58. The minimum atomic E-state index is -3.66. The second kappa shape index (κ2) is 9.19. The van der Waals surface area contributed by atoms with Gasteiger partial charge in [0.25, 0.3) is 0 Å². The van der Waals surface area contributed by atoms with E-state index in [4.69, 9.17) is 14.2 Å². The lowest BCUT2D eigenvalue weighted by Crippen LogP contribution is -2.30. The quantitative estimate of drug-likeness (QED) is 0.644. The summed E-state index contributed by atoms with van der Waals surface area (Å²) in [6, 6.07) is 9.72. The average Bonchev–Trinajstić information content (AvgIpc) is 3.20. The van der Waals surface area contributed by atoms with E-state index in [9.17, 15) is 13.2 Å². The van der Waals surface area contributed by atoms with Crippen LogP contribution in [-0.4, -0.2) is 45.6 Å². The molecule has 0 aromatic heterocycles. The molecule has 3 rings (SSSR count). The van der Waals surface area contributed by atoms with Gasteiger partial charge in [0.2, 0.25) is 22.7 Å². The highest BCUT2D eigenvalue weighted by Gasteiger charge is 2.23. The highest BCUT2D eigenvalue weighted by Crippen LogP contribution is 2.33. The Morgan fingerprint density at radius 3 is 2.57 bits per heavy atom. The van der Waals surface area contributed by atoms with Gasteiger partial charge < -0.3 is 19.5 Å². The van der Waals surface area contributed by atoms with Crippen LogP contribution in [0.5, 0.6) is 17.2 Å². The normalized spacial score (nSPS) is 13.1. The molecule has 30 heavy (non-hydrogen) atoms. The molecule has 0 radical (unpaired) electrons. The first-order valence-electron chi connectivity index (χ1n) is 9.46. The molecule has 0 aliphatic carbocycles. The molecule has 160 valence electrons. The van der Waals surface area contributed by atoms with Crippen LogP contribution in [0, 0.1) is 0 Å². The van der Waals surface area contributed by atoms with Crippen LogP contribution >= 0.6 is 0 Å². The van der Waals surface area contributed by atoms with Gasteiger partial charge in [0.15, 0.2) is 11.5 Å². The first-order valence-corrected chi connectivity index (χ1v) is 10.9. The molecule has 2 aromatic carbocycles. The number of anilines is 1. The van der Waals surface area contributed by atoms with Gasteiger partial charge in [-0.25, -0.2) is 8.42 Å². The summed E-state index contributed by atoms with van der Waals surface area (Å²) < 4.78 is 42.7. The Morgan fingerprint density at radius 2 is 1.87 bits per heavy atom. The van der Waals surface area contributed by atoms with Gasteiger partial charge in [0, 0.05) is 19.2 Å². The zero-order chi connectivity index (χ0) is 21.7. The third-order valence-electron chi connectivity index (χ3n) is 4.60. The molecule has 1 aliphatic heterocycles. The van der Waals surface area contributed by atoms with Gasteiger partial charge >= 0.3 is 0 Å². The summed E-state index contributed by atoms with van der Waals surface area (Å²) in [4.78, 5) is 12.5. The van der Waals surface area contributed by atoms with Gasteiger partial charge in [0.1, 0.15) is 5.75 Å². The first kappa shape index (κ1) is 21.7. The molecule has 1 amide bonds. The first-order chi connectivity index (χ1) is 14.4. The van der Waals surface area contributed by atoms with Crippen molar-refractivity contribution in [1.29, 1.82) is 0 Å². The number of fused-ring (bicyclic) bond motifs is 1. The van der Waals surface area contributed by atoms with Crippen LogP contribution < -0.4 is 19.5 Å². The standard InChI is InChI=1S/C21H24N2O6S/c1-4-23(5-2)30(25,26)16-8-10-18(27-3)17(13-16)22-21(24)11-7-15-6-9-19-20(12-15)29-14-28-19/h6-13H,4-5,14H2,1-3H3,(H,22,24). The summed E-state index contributed by atoms with van der Waals surface area (Å²) in [7, 11) is -2.21. The molecule has 1 N–H and O–H groups in total. The molecular weight excluding hydrogens is 408 g/mol. The van der Waals surface area contributed by atoms with Crippen molar-refractivity contribution in [3.8, 4) is 17.2 Å². The molecule has 2 aromatic rings. The molecule has 1 heterocycles. The fraction of sp³-hybridized carbons (Fsp3) is 0.286. The highest BCUT2D eigenvalue weighted by molar-refractivity contribution is 7.89. The summed E-state index contributed by atoms with van der Waals surface area (Å²) in [6.45, 7) is 4.42. The number of amides is 1. The average molecular weight is 432 g/mol.